The second-order valence-electron chi connectivity index (χ2n) is 11.3. The van der Waals surface area contributed by atoms with Gasteiger partial charge < -0.3 is 25.2 Å². The predicted molar refractivity (Wildman–Crippen MR) is 194 cm³/mol. The standard InChI is InChI=1S/C37H60NO10P/c1-3-5-7-9-11-13-15-17-19-21-23-25-27-29-36(40)48-33(31-46-49(43,44)47-32-34(38)37(41)42)30-45-35(39)28-26-24-22-20-18-16-14-12-10-8-6-4-2/h5-9,11-15,18,20,33-34H,3-4,10,16-17,19,21-32,38H2,1-2H3,(H,41,42)(H,43,44)/b7-5+,8-6+,11-9+,14-12+,15-13+,20-18+/t33?,34-/m0/s1. The number of hydrogen-bond acceptors (Lipinski definition) is 9. The fourth-order valence-electron chi connectivity index (χ4n) is 4.02. The van der Waals surface area contributed by atoms with E-state index in [4.69, 9.17) is 24.8 Å². The van der Waals surface area contributed by atoms with Crippen LogP contribution >= 0.6 is 7.82 Å². The Morgan fingerprint density at radius 1 is 0.653 bits per heavy atom. The summed E-state index contributed by atoms with van der Waals surface area (Å²) in [4.78, 5) is 45.6. The smallest absolute Gasteiger partial charge is 0.472 e. The zero-order valence-corrected chi connectivity index (χ0v) is 30.4. The Hall–Kier alpha value is -3.08. The zero-order valence-electron chi connectivity index (χ0n) is 29.5. The largest absolute Gasteiger partial charge is 0.480 e. The summed E-state index contributed by atoms with van der Waals surface area (Å²) in [5.74, 6) is -2.47. The minimum atomic E-state index is -4.72. The Morgan fingerprint density at radius 3 is 1.88 bits per heavy atom. The molecule has 0 aromatic heterocycles. The number of carbonyl (C=O) groups is 3. The van der Waals surface area contributed by atoms with Crippen molar-refractivity contribution >= 4 is 25.7 Å². The molecule has 3 atom stereocenters. The summed E-state index contributed by atoms with van der Waals surface area (Å²) >= 11 is 0. The summed E-state index contributed by atoms with van der Waals surface area (Å²) in [6.07, 6.45) is 35.6. The number of aliphatic carboxylic acids is 1. The van der Waals surface area contributed by atoms with Gasteiger partial charge in [0.1, 0.15) is 12.6 Å². The van der Waals surface area contributed by atoms with Crippen molar-refractivity contribution < 1.29 is 47.5 Å². The highest BCUT2D eigenvalue weighted by Gasteiger charge is 2.28. The molecule has 0 aromatic rings. The zero-order chi connectivity index (χ0) is 36.4. The molecule has 0 saturated heterocycles. The first-order valence-electron chi connectivity index (χ1n) is 17.5. The van der Waals surface area contributed by atoms with Gasteiger partial charge in [-0.1, -0.05) is 106 Å². The van der Waals surface area contributed by atoms with Gasteiger partial charge in [0.15, 0.2) is 6.10 Å². The third kappa shape index (κ3) is 31.9. The molecule has 0 radical (unpaired) electrons. The Kier molecular flexibility index (Phi) is 30.1. The Bertz CT molecular complexity index is 1110. The lowest BCUT2D eigenvalue weighted by atomic mass is 10.1. The maximum Gasteiger partial charge on any atom is 0.472 e. The Morgan fingerprint density at radius 2 is 1.18 bits per heavy atom. The van der Waals surface area contributed by atoms with E-state index in [0.717, 1.165) is 70.6 Å². The number of allylic oxidation sites excluding steroid dienone is 12. The molecular formula is C37H60NO10P. The number of ether oxygens (including phenoxy) is 2. The van der Waals surface area contributed by atoms with Gasteiger partial charge in [0.05, 0.1) is 13.2 Å². The summed E-state index contributed by atoms with van der Waals surface area (Å²) < 4.78 is 32.4. The average Bonchev–Trinajstić information content (AvgIpc) is 3.07. The molecule has 0 aliphatic rings. The summed E-state index contributed by atoms with van der Waals surface area (Å²) in [6.45, 7) is 2.44. The highest BCUT2D eigenvalue weighted by Crippen LogP contribution is 2.43. The topological polar surface area (TPSA) is 172 Å². The number of hydrogen-bond donors (Lipinski definition) is 3. The SMILES string of the molecule is CC/C=C/C=C/C=C/CCCCCCCC(=O)OC(COC(=O)CCCC/C=C/C/C=C/C/C=C/CC)COP(=O)(O)OC[C@H](N)C(=O)O. The van der Waals surface area contributed by atoms with Crippen LogP contribution in [-0.4, -0.2) is 59.9 Å². The van der Waals surface area contributed by atoms with E-state index < -0.39 is 51.1 Å². The number of phosphoric ester groups is 1. The van der Waals surface area contributed by atoms with Gasteiger partial charge in [0, 0.05) is 12.8 Å². The minimum Gasteiger partial charge on any atom is -0.480 e. The first kappa shape index (κ1) is 45.9. The minimum absolute atomic E-state index is 0.125. The molecule has 0 aliphatic heterocycles. The van der Waals surface area contributed by atoms with Crippen molar-refractivity contribution in [2.45, 2.75) is 122 Å². The molecule has 0 fully saturated rings. The fourth-order valence-corrected chi connectivity index (χ4v) is 4.80. The van der Waals surface area contributed by atoms with Crippen LogP contribution in [-0.2, 0) is 37.5 Å². The molecule has 49 heavy (non-hydrogen) atoms. The lowest BCUT2D eigenvalue weighted by Gasteiger charge is -2.20. The van der Waals surface area contributed by atoms with Gasteiger partial charge in [0.25, 0.3) is 0 Å². The lowest BCUT2D eigenvalue weighted by molar-refractivity contribution is -0.161. The number of unbranched alkanes of at least 4 members (excludes halogenated alkanes) is 7. The van der Waals surface area contributed by atoms with Crippen LogP contribution in [0, 0.1) is 0 Å². The van der Waals surface area contributed by atoms with Crippen LogP contribution in [0.5, 0.6) is 0 Å². The van der Waals surface area contributed by atoms with Gasteiger partial charge in [-0.15, -0.1) is 0 Å². The molecule has 0 spiro atoms. The fraction of sp³-hybridized carbons (Fsp3) is 0.595. The predicted octanol–water partition coefficient (Wildman–Crippen LogP) is 8.22. The Labute approximate surface area is 293 Å². The monoisotopic (exact) mass is 709 g/mol. The molecular weight excluding hydrogens is 649 g/mol. The first-order valence-corrected chi connectivity index (χ1v) is 19.0. The number of rotatable bonds is 31. The van der Waals surface area contributed by atoms with Gasteiger partial charge in [-0.2, -0.15) is 0 Å². The molecule has 0 heterocycles. The van der Waals surface area contributed by atoms with Crippen LogP contribution in [0.3, 0.4) is 0 Å². The average molecular weight is 710 g/mol. The van der Waals surface area contributed by atoms with Crippen LogP contribution in [0.4, 0.5) is 0 Å². The maximum absolute atomic E-state index is 12.5. The van der Waals surface area contributed by atoms with Crippen LogP contribution in [0.1, 0.15) is 110 Å². The van der Waals surface area contributed by atoms with Crippen LogP contribution in [0.25, 0.3) is 0 Å². The number of carboxylic acid groups (broad SMARTS) is 1. The normalized spacial score (nSPS) is 14.9. The highest BCUT2D eigenvalue weighted by atomic mass is 31.2. The lowest BCUT2D eigenvalue weighted by Crippen LogP contribution is -2.34. The van der Waals surface area contributed by atoms with E-state index in [-0.39, 0.29) is 19.4 Å². The summed E-state index contributed by atoms with van der Waals surface area (Å²) in [5, 5.41) is 8.84. The number of carbonyl (C=O) groups excluding carboxylic acids is 2. The van der Waals surface area contributed by atoms with Gasteiger partial charge in [-0.25, -0.2) is 4.57 Å². The van der Waals surface area contributed by atoms with Gasteiger partial charge in [-0.3, -0.25) is 23.4 Å². The number of esters is 2. The van der Waals surface area contributed by atoms with E-state index >= 15 is 0 Å². The van der Waals surface area contributed by atoms with E-state index in [2.05, 4.69) is 67.0 Å². The Balaban J connectivity index is 4.60. The van der Waals surface area contributed by atoms with Crippen molar-refractivity contribution in [3.63, 3.8) is 0 Å². The van der Waals surface area contributed by atoms with Gasteiger partial charge in [-0.05, 0) is 64.2 Å². The molecule has 0 rings (SSSR count). The molecule has 11 nitrogen and oxygen atoms in total. The van der Waals surface area contributed by atoms with Crippen LogP contribution in [0.15, 0.2) is 72.9 Å². The van der Waals surface area contributed by atoms with Gasteiger partial charge >= 0.3 is 25.7 Å². The molecule has 0 saturated carbocycles. The van der Waals surface area contributed by atoms with Crippen molar-refractivity contribution in [3.8, 4) is 0 Å². The molecule has 0 bridgehead atoms. The molecule has 2 unspecified atom stereocenters. The molecule has 4 N–H and O–H groups in total. The summed E-state index contributed by atoms with van der Waals surface area (Å²) in [5.41, 5.74) is 5.30. The molecule has 0 aromatic carbocycles. The highest BCUT2D eigenvalue weighted by molar-refractivity contribution is 7.47. The third-order valence-corrected chi connectivity index (χ3v) is 7.71. The van der Waals surface area contributed by atoms with E-state index in [9.17, 15) is 23.8 Å². The van der Waals surface area contributed by atoms with Gasteiger partial charge in [0.2, 0.25) is 0 Å². The first-order chi connectivity index (χ1) is 23.6. The maximum atomic E-state index is 12.5. The van der Waals surface area contributed by atoms with E-state index in [1.165, 1.54) is 0 Å². The summed E-state index contributed by atoms with van der Waals surface area (Å²) in [6, 6.07) is -1.53. The van der Waals surface area contributed by atoms with Crippen molar-refractivity contribution in [2.24, 2.45) is 5.73 Å². The van der Waals surface area contributed by atoms with Crippen molar-refractivity contribution in [1.82, 2.24) is 0 Å². The van der Waals surface area contributed by atoms with Crippen molar-refractivity contribution in [1.29, 1.82) is 0 Å². The molecule has 0 amide bonds. The van der Waals surface area contributed by atoms with Crippen molar-refractivity contribution in [3.05, 3.63) is 72.9 Å². The molecule has 12 heteroatoms. The van der Waals surface area contributed by atoms with E-state index in [1.54, 1.807) is 0 Å². The quantitative estimate of drug-likeness (QED) is 0.0208. The van der Waals surface area contributed by atoms with E-state index in [0.29, 0.717) is 12.8 Å². The molecule has 0 aliphatic carbocycles. The second kappa shape index (κ2) is 32.1. The van der Waals surface area contributed by atoms with Crippen LogP contribution < -0.4 is 5.73 Å². The van der Waals surface area contributed by atoms with Crippen LogP contribution in [0.2, 0.25) is 0 Å². The number of nitrogens with two attached hydrogens (primary N) is 1. The third-order valence-electron chi connectivity index (χ3n) is 6.76. The van der Waals surface area contributed by atoms with Crippen molar-refractivity contribution in [2.75, 3.05) is 19.8 Å². The number of phosphoric acid groups is 1. The van der Waals surface area contributed by atoms with E-state index in [1.807, 2.05) is 24.3 Å². The number of carboxylic acids is 1. The molecule has 278 valence electrons. The second-order valence-corrected chi connectivity index (χ2v) is 12.7. The summed E-state index contributed by atoms with van der Waals surface area (Å²) in [7, 11) is -4.72.